The molecule has 0 saturated heterocycles. The molecule has 1 atom stereocenters. The van der Waals surface area contributed by atoms with Crippen LogP contribution in [0.5, 0.6) is 0 Å². The number of nitrogens with two attached hydrogens (primary N) is 1. The summed E-state index contributed by atoms with van der Waals surface area (Å²) in [6.45, 7) is 5.01. The molecule has 6 heteroatoms. The van der Waals surface area contributed by atoms with Crippen molar-refractivity contribution in [2.24, 2.45) is 5.84 Å². The number of halogens is 1. The van der Waals surface area contributed by atoms with Crippen molar-refractivity contribution in [2.45, 2.75) is 39.3 Å². The smallest absolute Gasteiger partial charge is 0.0776 e. The number of aromatic nitrogens is 3. The number of pyridine rings is 1. The minimum absolute atomic E-state index is 0.129. The molecule has 0 saturated carbocycles. The summed E-state index contributed by atoms with van der Waals surface area (Å²) in [4.78, 5) is 4.32. The predicted octanol–water partition coefficient (Wildman–Crippen LogP) is 2.26. The molecule has 0 aliphatic carbocycles. The summed E-state index contributed by atoms with van der Waals surface area (Å²) in [7, 11) is 0. The molecule has 2 rings (SSSR count). The Morgan fingerprint density at radius 2 is 2.25 bits per heavy atom. The van der Waals surface area contributed by atoms with Crippen molar-refractivity contribution in [1.82, 2.24) is 20.2 Å². The Morgan fingerprint density at radius 3 is 2.85 bits per heavy atom. The average Bonchev–Trinajstić information content (AvgIpc) is 2.88. The molecular weight excluding hydrogens is 274 g/mol. The van der Waals surface area contributed by atoms with Crippen LogP contribution in [0.3, 0.4) is 0 Å². The fourth-order valence-electron chi connectivity index (χ4n) is 2.22. The Kier molecular flexibility index (Phi) is 5.11. The van der Waals surface area contributed by atoms with Crippen molar-refractivity contribution >= 4 is 11.6 Å². The summed E-state index contributed by atoms with van der Waals surface area (Å²) in [5.41, 5.74) is 5.78. The van der Waals surface area contributed by atoms with Crippen LogP contribution < -0.4 is 11.3 Å². The molecule has 3 N–H and O–H groups in total. The first kappa shape index (κ1) is 15.0. The van der Waals surface area contributed by atoms with Crippen LogP contribution in [0, 0.1) is 0 Å². The maximum absolute atomic E-state index is 6.19. The number of hydrazine groups is 1. The fraction of sp³-hybridized carbons (Fsp3) is 0.429. The zero-order valence-corrected chi connectivity index (χ0v) is 12.6. The fourth-order valence-corrected chi connectivity index (χ4v) is 2.48. The summed E-state index contributed by atoms with van der Waals surface area (Å²) in [5.74, 6) is 5.67. The molecule has 0 aliphatic heterocycles. The van der Waals surface area contributed by atoms with Gasteiger partial charge in [0.25, 0.3) is 0 Å². The van der Waals surface area contributed by atoms with E-state index in [1.807, 2.05) is 16.8 Å². The lowest BCUT2D eigenvalue weighted by molar-refractivity contribution is 0.507. The van der Waals surface area contributed by atoms with Gasteiger partial charge in [-0.25, -0.2) is 0 Å². The van der Waals surface area contributed by atoms with Crippen molar-refractivity contribution in [3.8, 4) is 0 Å². The van der Waals surface area contributed by atoms with E-state index in [9.17, 15) is 0 Å². The summed E-state index contributed by atoms with van der Waals surface area (Å²) < 4.78 is 2.00. The molecule has 20 heavy (non-hydrogen) atoms. The predicted molar refractivity (Wildman–Crippen MR) is 80.3 cm³/mol. The largest absolute Gasteiger partial charge is 0.271 e. The van der Waals surface area contributed by atoms with Crippen molar-refractivity contribution in [3.63, 3.8) is 0 Å². The highest BCUT2D eigenvalue weighted by Crippen LogP contribution is 2.23. The number of rotatable bonds is 6. The van der Waals surface area contributed by atoms with Crippen LogP contribution in [0.25, 0.3) is 0 Å². The highest BCUT2D eigenvalue weighted by atomic mass is 35.5. The molecule has 0 amide bonds. The standard InChI is InChI=1S/C14H20ClN5/c1-3-10-8-11(20(4-2)19-10)9-13(18-16)14-12(15)6-5-7-17-14/h5-8,13,18H,3-4,9,16H2,1-2H3. The number of hydrogen-bond acceptors (Lipinski definition) is 4. The molecule has 2 aromatic heterocycles. The highest BCUT2D eigenvalue weighted by Gasteiger charge is 2.18. The summed E-state index contributed by atoms with van der Waals surface area (Å²) in [5, 5.41) is 5.16. The number of nitrogens with one attached hydrogen (secondary N) is 1. The SMILES string of the molecule is CCc1cc(CC(NN)c2ncccc2Cl)n(CC)n1. The van der Waals surface area contributed by atoms with E-state index in [0.717, 1.165) is 30.0 Å². The van der Waals surface area contributed by atoms with Crippen LogP contribution in [0.2, 0.25) is 5.02 Å². The summed E-state index contributed by atoms with van der Waals surface area (Å²) in [6.07, 6.45) is 3.35. The van der Waals surface area contributed by atoms with Gasteiger partial charge in [0.1, 0.15) is 0 Å². The molecule has 2 heterocycles. The molecule has 2 aromatic rings. The molecule has 0 spiro atoms. The second-order valence-corrected chi connectivity index (χ2v) is 5.00. The summed E-state index contributed by atoms with van der Waals surface area (Å²) in [6, 6.07) is 5.62. The first-order chi connectivity index (χ1) is 9.69. The van der Waals surface area contributed by atoms with Crippen LogP contribution in [-0.2, 0) is 19.4 Å². The van der Waals surface area contributed by atoms with Crippen molar-refractivity contribution < 1.29 is 0 Å². The third-order valence-electron chi connectivity index (χ3n) is 3.31. The molecule has 0 fully saturated rings. The van der Waals surface area contributed by atoms with Gasteiger partial charge in [0.05, 0.1) is 22.5 Å². The Balaban J connectivity index is 2.26. The number of aryl methyl sites for hydroxylation is 2. The van der Waals surface area contributed by atoms with Crippen molar-refractivity contribution in [2.75, 3.05) is 0 Å². The topological polar surface area (TPSA) is 68.8 Å². The van der Waals surface area contributed by atoms with Gasteiger partial charge < -0.3 is 0 Å². The monoisotopic (exact) mass is 293 g/mol. The maximum Gasteiger partial charge on any atom is 0.0776 e. The molecule has 0 radical (unpaired) electrons. The maximum atomic E-state index is 6.19. The van der Waals surface area contributed by atoms with Crippen LogP contribution in [-0.4, -0.2) is 14.8 Å². The lowest BCUT2D eigenvalue weighted by Gasteiger charge is -2.16. The van der Waals surface area contributed by atoms with Crippen LogP contribution in [0.4, 0.5) is 0 Å². The molecule has 108 valence electrons. The Labute approximate surface area is 124 Å². The zero-order valence-electron chi connectivity index (χ0n) is 11.8. The quantitative estimate of drug-likeness (QED) is 0.633. The minimum Gasteiger partial charge on any atom is -0.271 e. The first-order valence-corrected chi connectivity index (χ1v) is 7.19. The number of hydrogen-bond donors (Lipinski definition) is 2. The molecule has 0 bridgehead atoms. The van der Waals surface area contributed by atoms with Crippen LogP contribution >= 0.6 is 11.6 Å². The average molecular weight is 294 g/mol. The molecule has 0 aromatic carbocycles. The van der Waals surface area contributed by atoms with E-state index in [4.69, 9.17) is 17.4 Å². The molecule has 0 aliphatic rings. The normalized spacial score (nSPS) is 12.6. The van der Waals surface area contributed by atoms with E-state index in [-0.39, 0.29) is 6.04 Å². The van der Waals surface area contributed by atoms with E-state index in [1.54, 1.807) is 6.20 Å². The lowest BCUT2D eigenvalue weighted by Crippen LogP contribution is -2.31. The Morgan fingerprint density at radius 1 is 1.45 bits per heavy atom. The Bertz CT molecular complexity index is 566. The lowest BCUT2D eigenvalue weighted by atomic mass is 10.1. The third kappa shape index (κ3) is 3.17. The Hall–Kier alpha value is -1.43. The molecular formula is C14H20ClN5. The van der Waals surface area contributed by atoms with Gasteiger partial charge in [0.15, 0.2) is 0 Å². The van der Waals surface area contributed by atoms with Gasteiger partial charge >= 0.3 is 0 Å². The second-order valence-electron chi connectivity index (χ2n) is 4.59. The van der Waals surface area contributed by atoms with Gasteiger partial charge in [0.2, 0.25) is 0 Å². The van der Waals surface area contributed by atoms with Crippen LogP contribution in [0.1, 0.15) is 37.0 Å². The highest BCUT2D eigenvalue weighted by molar-refractivity contribution is 6.31. The van der Waals surface area contributed by atoms with E-state index >= 15 is 0 Å². The van der Waals surface area contributed by atoms with Gasteiger partial charge in [-0.3, -0.25) is 20.9 Å². The van der Waals surface area contributed by atoms with Crippen molar-refractivity contribution in [1.29, 1.82) is 0 Å². The van der Waals surface area contributed by atoms with E-state index in [0.29, 0.717) is 11.4 Å². The summed E-state index contributed by atoms with van der Waals surface area (Å²) >= 11 is 6.19. The van der Waals surface area contributed by atoms with Gasteiger partial charge in [-0.2, -0.15) is 5.10 Å². The molecule has 5 nitrogen and oxygen atoms in total. The van der Waals surface area contributed by atoms with Gasteiger partial charge in [-0.15, -0.1) is 0 Å². The first-order valence-electron chi connectivity index (χ1n) is 6.81. The zero-order chi connectivity index (χ0) is 14.5. The number of nitrogens with zero attached hydrogens (tertiary/aromatic N) is 3. The third-order valence-corrected chi connectivity index (χ3v) is 3.63. The van der Waals surface area contributed by atoms with Crippen molar-refractivity contribution in [3.05, 3.63) is 46.5 Å². The van der Waals surface area contributed by atoms with Gasteiger partial charge in [-0.1, -0.05) is 18.5 Å². The van der Waals surface area contributed by atoms with E-state index in [1.165, 1.54) is 0 Å². The second kappa shape index (κ2) is 6.83. The minimum atomic E-state index is -0.129. The van der Waals surface area contributed by atoms with E-state index < -0.39 is 0 Å². The van der Waals surface area contributed by atoms with Crippen LogP contribution in [0.15, 0.2) is 24.4 Å². The van der Waals surface area contributed by atoms with E-state index in [2.05, 4.69) is 35.4 Å². The van der Waals surface area contributed by atoms with Gasteiger partial charge in [-0.05, 0) is 31.5 Å². The molecule has 1 unspecified atom stereocenters. The van der Waals surface area contributed by atoms with Gasteiger partial charge in [0, 0.05) is 24.9 Å².